The van der Waals surface area contributed by atoms with Gasteiger partial charge >= 0.3 is 16.1 Å². The van der Waals surface area contributed by atoms with Gasteiger partial charge in [0.25, 0.3) is 0 Å². The van der Waals surface area contributed by atoms with E-state index >= 15 is 0 Å². The van der Waals surface area contributed by atoms with Gasteiger partial charge in [0.1, 0.15) is 11.0 Å². The van der Waals surface area contributed by atoms with Gasteiger partial charge in [0, 0.05) is 0 Å². The second-order valence-corrected chi connectivity index (χ2v) is 6.23. The third kappa shape index (κ3) is 4.71. The molecule has 0 aliphatic rings. The minimum atomic E-state index is -4.18. The van der Waals surface area contributed by atoms with E-state index in [4.69, 9.17) is 14.2 Å². The molecular formula is C17H15NO6S. The van der Waals surface area contributed by atoms with Gasteiger partial charge in [-0.2, -0.15) is 13.7 Å². The first-order chi connectivity index (χ1) is 12.0. The maximum atomic E-state index is 12.5. The van der Waals surface area contributed by atoms with Crippen LogP contribution in [0.2, 0.25) is 0 Å². The van der Waals surface area contributed by atoms with Crippen LogP contribution >= 0.6 is 0 Å². The van der Waals surface area contributed by atoms with E-state index in [0.29, 0.717) is 6.61 Å². The Bertz CT molecular complexity index is 901. The largest absolute Gasteiger partial charge is 0.490 e. The van der Waals surface area contributed by atoms with Crippen molar-refractivity contribution in [2.45, 2.75) is 11.8 Å². The number of ether oxygens (including phenoxy) is 2. The summed E-state index contributed by atoms with van der Waals surface area (Å²) in [7, 11) is -4.18. The maximum absolute atomic E-state index is 12.5. The number of nitrogens with zero attached hydrogens (tertiary/aromatic N) is 1. The number of rotatable bonds is 7. The summed E-state index contributed by atoms with van der Waals surface area (Å²) in [5, 5.41) is 8.42. The molecule has 0 aliphatic carbocycles. The van der Waals surface area contributed by atoms with Gasteiger partial charge in [0.15, 0.2) is 18.1 Å². The predicted octanol–water partition coefficient (Wildman–Crippen LogP) is 2.53. The summed E-state index contributed by atoms with van der Waals surface area (Å²) in [6, 6.07) is 13.2. The highest BCUT2D eigenvalue weighted by Gasteiger charge is 2.21. The lowest BCUT2D eigenvalue weighted by Crippen LogP contribution is -2.12. The Balaban J connectivity index is 2.29. The lowest BCUT2D eigenvalue weighted by atomic mass is 10.2. The molecule has 0 N–H and O–H groups in total. The first kappa shape index (κ1) is 18.3. The molecule has 0 spiro atoms. The molecule has 0 saturated heterocycles. The van der Waals surface area contributed by atoms with E-state index in [0.717, 1.165) is 6.07 Å². The molecule has 0 saturated carbocycles. The number of hydrogen-bond acceptors (Lipinski definition) is 7. The smallest absolute Gasteiger partial charge is 0.339 e. The Hall–Kier alpha value is -3.05. The van der Waals surface area contributed by atoms with Crippen molar-refractivity contribution < 1.29 is 26.9 Å². The average Bonchev–Trinajstić information content (AvgIpc) is 2.61. The third-order valence-corrected chi connectivity index (χ3v) is 4.20. The molecule has 0 aliphatic heterocycles. The number of benzene rings is 2. The summed E-state index contributed by atoms with van der Waals surface area (Å²) in [6.45, 7) is 1.69. The van der Waals surface area contributed by atoms with Crippen molar-refractivity contribution in [3.05, 3.63) is 54.1 Å². The summed E-state index contributed by atoms with van der Waals surface area (Å²) >= 11 is 0. The highest BCUT2D eigenvalue weighted by molar-refractivity contribution is 7.87. The number of carbonyl (C=O) groups excluding carboxylic acids is 1. The molecule has 0 atom stereocenters. The van der Waals surface area contributed by atoms with Crippen LogP contribution in [-0.2, 0) is 14.9 Å². The number of para-hydroxylation sites is 2. The second-order valence-electron chi connectivity index (χ2n) is 4.68. The van der Waals surface area contributed by atoms with Gasteiger partial charge in [-0.3, -0.25) is 0 Å². The van der Waals surface area contributed by atoms with E-state index in [2.05, 4.69) is 4.74 Å². The van der Waals surface area contributed by atoms with E-state index < -0.39 is 22.7 Å². The summed E-state index contributed by atoms with van der Waals surface area (Å²) in [5.41, 5.74) is -0.00183. The van der Waals surface area contributed by atoms with E-state index in [9.17, 15) is 13.2 Å². The van der Waals surface area contributed by atoms with Gasteiger partial charge in [-0.25, -0.2) is 4.79 Å². The monoisotopic (exact) mass is 361 g/mol. The van der Waals surface area contributed by atoms with Gasteiger partial charge in [-0.1, -0.05) is 18.2 Å². The Morgan fingerprint density at radius 3 is 2.52 bits per heavy atom. The molecule has 0 heterocycles. The normalized spacial score (nSPS) is 10.6. The predicted molar refractivity (Wildman–Crippen MR) is 87.8 cm³/mol. The van der Waals surface area contributed by atoms with Crippen molar-refractivity contribution in [1.29, 1.82) is 5.26 Å². The summed E-state index contributed by atoms with van der Waals surface area (Å²) in [4.78, 5) is 11.5. The van der Waals surface area contributed by atoms with Crippen LogP contribution in [0.15, 0.2) is 53.4 Å². The molecule has 130 valence electrons. The van der Waals surface area contributed by atoms with Crippen LogP contribution < -0.4 is 8.92 Å². The van der Waals surface area contributed by atoms with Crippen LogP contribution in [0.3, 0.4) is 0 Å². The van der Waals surface area contributed by atoms with Gasteiger partial charge in [0.2, 0.25) is 0 Å². The molecule has 7 nitrogen and oxygen atoms in total. The first-order valence-electron chi connectivity index (χ1n) is 7.28. The fourth-order valence-electron chi connectivity index (χ4n) is 1.92. The number of esters is 1. The van der Waals surface area contributed by atoms with E-state index in [1.807, 2.05) is 0 Å². The van der Waals surface area contributed by atoms with Crippen LogP contribution in [0.25, 0.3) is 0 Å². The lowest BCUT2D eigenvalue weighted by molar-refractivity contribution is 0.0554. The van der Waals surface area contributed by atoms with Gasteiger partial charge in [0.05, 0.1) is 12.2 Å². The first-order valence-corrected chi connectivity index (χ1v) is 8.69. The fourth-order valence-corrected chi connectivity index (χ4v) is 2.91. The zero-order valence-corrected chi connectivity index (χ0v) is 14.2. The molecule has 2 aromatic carbocycles. The zero-order valence-electron chi connectivity index (χ0n) is 13.3. The van der Waals surface area contributed by atoms with Crippen molar-refractivity contribution in [2.24, 2.45) is 0 Å². The zero-order chi connectivity index (χ0) is 18.3. The van der Waals surface area contributed by atoms with Crippen LogP contribution in [0.1, 0.15) is 17.3 Å². The molecule has 0 bridgehead atoms. The Kier molecular flexibility index (Phi) is 5.98. The average molecular weight is 361 g/mol. The summed E-state index contributed by atoms with van der Waals surface area (Å²) in [6.07, 6.45) is 0. The molecular weight excluding hydrogens is 346 g/mol. The van der Waals surface area contributed by atoms with Crippen LogP contribution in [-0.4, -0.2) is 27.6 Å². The van der Waals surface area contributed by atoms with Crippen molar-refractivity contribution >= 4 is 16.1 Å². The molecule has 25 heavy (non-hydrogen) atoms. The molecule has 2 aromatic rings. The van der Waals surface area contributed by atoms with Crippen molar-refractivity contribution in [2.75, 3.05) is 13.2 Å². The number of carbonyl (C=O) groups is 1. The summed E-state index contributed by atoms with van der Waals surface area (Å²) < 4.78 is 40.0. The number of nitriles is 1. The molecule has 8 heteroatoms. The molecule has 2 rings (SSSR count). The molecule has 0 fully saturated rings. The van der Waals surface area contributed by atoms with Gasteiger partial charge < -0.3 is 13.7 Å². The fraction of sp³-hybridized carbons (Fsp3) is 0.176. The van der Waals surface area contributed by atoms with E-state index in [1.54, 1.807) is 31.2 Å². The maximum Gasteiger partial charge on any atom is 0.339 e. The van der Waals surface area contributed by atoms with Crippen LogP contribution in [0.4, 0.5) is 0 Å². The second kappa shape index (κ2) is 8.17. The number of hydrogen-bond donors (Lipinski definition) is 0. The van der Waals surface area contributed by atoms with E-state index in [1.165, 1.54) is 24.3 Å². The standard InChI is InChI=1S/C17H15NO6S/c1-2-22-15-8-3-4-9-16(15)24-25(20,21)14-7-5-6-13(12-14)17(19)23-11-10-18/h3-9,12H,2,11H2,1H3. The summed E-state index contributed by atoms with van der Waals surface area (Å²) in [5.74, 6) is -0.465. The molecule has 0 aromatic heterocycles. The SMILES string of the molecule is CCOc1ccccc1OS(=O)(=O)c1cccc(C(=O)OCC#N)c1. The van der Waals surface area contributed by atoms with Crippen molar-refractivity contribution in [3.8, 4) is 17.6 Å². The van der Waals surface area contributed by atoms with Crippen molar-refractivity contribution in [3.63, 3.8) is 0 Å². The lowest BCUT2D eigenvalue weighted by Gasteiger charge is -2.12. The third-order valence-electron chi connectivity index (χ3n) is 2.97. The van der Waals surface area contributed by atoms with Crippen LogP contribution in [0, 0.1) is 11.3 Å². The highest BCUT2D eigenvalue weighted by atomic mass is 32.2. The quantitative estimate of drug-likeness (QED) is 0.551. The minimum absolute atomic E-state index is 0.00183. The Morgan fingerprint density at radius 2 is 1.84 bits per heavy atom. The Morgan fingerprint density at radius 1 is 1.12 bits per heavy atom. The van der Waals surface area contributed by atoms with Gasteiger partial charge in [-0.15, -0.1) is 0 Å². The highest BCUT2D eigenvalue weighted by Crippen LogP contribution is 2.29. The molecule has 0 radical (unpaired) electrons. The van der Waals surface area contributed by atoms with Gasteiger partial charge in [-0.05, 0) is 37.3 Å². The minimum Gasteiger partial charge on any atom is -0.490 e. The molecule has 0 amide bonds. The van der Waals surface area contributed by atoms with Crippen LogP contribution in [0.5, 0.6) is 11.5 Å². The van der Waals surface area contributed by atoms with Crippen molar-refractivity contribution in [1.82, 2.24) is 0 Å². The van der Waals surface area contributed by atoms with E-state index in [-0.39, 0.29) is 22.0 Å². The Labute approximate surface area is 145 Å². The molecule has 0 unspecified atom stereocenters. The topological polar surface area (TPSA) is 103 Å².